The van der Waals surface area contributed by atoms with Crippen molar-refractivity contribution >= 4 is 24.8 Å². The Morgan fingerprint density at radius 2 is 1.50 bits per heavy atom. The molecule has 0 atom stereocenters. The molecule has 2 nitrogen and oxygen atoms in total. The van der Waals surface area contributed by atoms with Crippen molar-refractivity contribution < 1.29 is 0 Å². The van der Waals surface area contributed by atoms with E-state index in [1.807, 2.05) is 0 Å². The third-order valence-corrected chi connectivity index (χ3v) is 2.70. The van der Waals surface area contributed by atoms with Crippen LogP contribution in [0.2, 0.25) is 0 Å². The molecule has 1 rings (SSSR count). The topological polar surface area (TPSA) is 15.3 Å². The number of likely N-dealkylation sites (N-methyl/N-ethyl adjacent to an activating group) is 1. The Bertz CT molecular complexity index is 130. The first-order valence-corrected chi connectivity index (χ1v) is 3.85. The summed E-state index contributed by atoms with van der Waals surface area (Å²) in [6.07, 6.45) is 0. The fraction of sp³-hybridized carbons (Fsp3) is 1.00. The average Bonchev–Trinajstić information content (AvgIpc) is 1.95. The van der Waals surface area contributed by atoms with Crippen molar-refractivity contribution in [2.45, 2.75) is 38.9 Å². The molecule has 1 N–H and O–H groups in total. The first-order chi connectivity index (χ1) is 4.36. The lowest BCUT2D eigenvalue weighted by Gasteiger charge is -2.35. The van der Waals surface area contributed by atoms with Crippen LogP contribution in [0.4, 0.5) is 0 Å². The first kappa shape index (κ1) is 15.0. The van der Waals surface area contributed by atoms with Crippen LogP contribution in [-0.2, 0) is 0 Å². The van der Waals surface area contributed by atoms with Crippen LogP contribution < -0.4 is 5.32 Å². The Morgan fingerprint density at radius 1 is 1.08 bits per heavy atom. The molecule has 0 saturated carbocycles. The van der Waals surface area contributed by atoms with E-state index in [1.54, 1.807) is 0 Å². The maximum absolute atomic E-state index is 3.46. The van der Waals surface area contributed by atoms with E-state index in [2.05, 4.69) is 45.0 Å². The molecular weight excluding hydrogens is 195 g/mol. The van der Waals surface area contributed by atoms with E-state index in [9.17, 15) is 0 Å². The molecule has 12 heavy (non-hydrogen) atoms. The summed E-state index contributed by atoms with van der Waals surface area (Å²) in [5, 5.41) is 3.46. The van der Waals surface area contributed by atoms with E-state index in [0.717, 1.165) is 6.54 Å². The molecule has 0 amide bonds. The second-order valence-electron chi connectivity index (χ2n) is 4.28. The molecule has 1 aliphatic heterocycles. The summed E-state index contributed by atoms with van der Waals surface area (Å²) >= 11 is 0. The van der Waals surface area contributed by atoms with Gasteiger partial charge in [-0.2, -0.15) is 0 Å². The molecule has 76 valence electrons. The zero-order valence-electron chi connectivity index (χ0n) is 8.47. The number of rotatable bonds is 0. The largest absolute Gasteiger partial charge is 0.298 e. The minimum absolute atomic E-state index is 0. The van der Waals surface area contributed by atoms with Gasteiger partial charge in [-0.15, -0.1) is 24.8 Å². The molecular formula is C8H20Cl2N2. The lowest BCUT2D eigenvalue weighted by Crippen LogP contribution is -2.48. The summed E-state index contributed by atoms with van der Waals surface area (Å²) < 4.78 is 0. The van der Waals surface area contributed by atoms with Gasteiger partial charge >= 0.3 is 0 Å². The van der Waals surface area contributed by atoms with Crippen LogP contribution in [0, 0.1) is 0 Å². The smallest absolute Gasteiger partial charge is 0.0657 e. The Labute approximate surface area is 87.9 Å². The van der Waals surface area contributed by atoms with Crippen molar-refractivity contribution in [3.63, 3.8) is 0 Å². The van der Waals surface area contributed by atoms with Crippen molar-refractivity contribution in [3.05, 3.63) is 0 Å². The van der Waals surface area contributed by atoms with Gasteiger partial charge in [-0.1, -0.05) is 0 Å². The second kappa shape index (κ2) is 4.14. The summed E-state index contributed by atoms with van der Waals surface area (Å²) in [4.78, 5) is 2.38. The van der Waals surface area contributed by atoms with Crippen molar-refractivity contribution in [1.29, 1.82) is 0 Å². The van der Waals surface area contributed by atoms with Crippen molar-refractivity contribution in [3.8, 4) is 0 Å². The molecule has 1 aliphatic rings. The SMILES string of the molecule is CN1C(C)(C)CNC1(C)C.Cl.Cl. The van der Waals surface area contributed by atoms with Gasteiger partial charge < -0.3 is 0 Å². The number of hydrogen-bond donors (Lipinski definition) is 1. The minimum atomic E-state index is 0. The van der Waals surface area contributed by atoms with E-state index < -0.39 is 0 Å². The Morgan fingerprint density at radius 3 is 1.58 bits per heavy atom. The zero-order chi connectivity index (χ0) is 7.99. The van der Waals surface area contributed by atoms with Gasteiger partial charge in [0.15, 0.2) is 0 Å². The lowest BCUT2D eigenvalue weighted by atomic mass is 10.1. The van der Waals surface area contributed by atoms with Gasteiger partial charge in [0, 0.05) is 12.1 Å². The quantitative estimate of drug-likeness (QED) is 0.663. The van der Waals surface area contributed by atoms with Crippen LogP contribution in [0.15, 0.2) is 0 Å². The molecule has 1 heterocycles. The molecule has 0 bridgehead atoms. The second-order valence-corrected chi connectivity index (χ2v) is 4.28. The summed E-state index contributed by atoms with van der Waals surface area (Å²) in [7, 11) is 2.17. The van der Waals surface area contributed by atoms with Crippen LogP contribution in [0.3, 0.4) is 0 Å². The fourth-order valence-corrected chi connectivity index (χ4v) is 1.43. The maximum atomic E-state index is 3.46. The van der Waals surface area contributed by atoms with Crippen LogP contribution in [0.25, 0.3) is 0 Å². The Hall–Kier alpha value is 0.500. The van der Waals surface area contributed by atoms with E-state index in [1.165, 1.54) is 0 Å². The maximum Gasteiger partial charge on any atom is 0.0657 e. The standard InChI is InChI=1S/C8H18N2.2ClH/c1-7(2)6-9-8(3,4)10(7)5;;/h9H,6H2,1-5H3;2*1H. The van der Waals surface area contributed by atoms with E-state index in [0.29, 0.717) is 5.54 Å². The summed E-state index contributed by atoms with van der Waals surface area (Å²) in [6, 6.07) is 0. The average molecular weight is 215 g/mol. The number of nitrogens with zero attached hydrogens (tertiary/aromatic N) is 1. The minimum Gasteiger partial charge on any atom is -0.298 e. The van der Waals surface area contributed by atoms with Gasteiger partial charge in [0.25, 0.3) is 0 Å². The highest BCUT2D eigenvalue weighted by Crippen LogP contribution is 2.26. The van der Waals surface area contributed by atoms with Gasteiger partial charge in [-0.05, 0) is 34.7 Å². The van der Waals surface area contributed by atoms with Gasteiger partial charge in [-0.3, -0.25) is 10.2 Å². The zero-order valence-corrected chi connectivity index (χ0v) is 10.1. The summed E-state index contributed by atoms with van der Waals surface area (Å²) in [5.41, 5.74) is 0.479. The van der Waals surface area contributed by atoms with E-state index in [-0.39, 0.29) is 30.5 Å². The molecule has 0 aliphatic carbocycles. The van der Waals surface area contributed by atoms with Gasteiger partial charge in [0.05, 0.1) is 5.66 Å². The van der Waals surface area contributed by atoms with Crippen molar-refractivity contribution in [1.82, 2.24) is 10.2 Å². The molecule has 0 aromatic carbocycles. The fourth-order valence-electron chi connectivity index (χ4n) is 1.43. The van der Waals surface area contributed by atoms with E-state index >= 15 is 0 Å². The molecule has 4 heteroatoms. The highest BCUT2D eigenvalue weighted by atomic mass is 35.5. The summed E-state index contributed by atoms with van der Waals surface area (Å²) in [5.74, 6) is 0. The van der Waals surface area contributed by atoms with Crippen LogP contribution in [0.1, 0.15) is 27.7 Å². The Balaban J connectivity index is 0. The normalized spacial score (nSPS) is 25.8. The molecule has 0 aromatic heterocycles. The van der Waals surface area contributed by atoms with E-state index in [4.69, 9.17) is 0 Å². The molecule has 1 saturated heterocycles. The third-order valence-electron chi connectivity index (χ3n) is 2.70. The van der Waals surface area contributed by atoms with Crippen molar-refractivity contribution in [2.24, 2.45) is 0 Å². The molecule has 0 spiro atoms. The van der Waals surface area contributed by atoms with Gasteiger partial charge in [0.1, 0.15) is 0 Å². The molecule has 0 unspecified atom stereocenters. The molecule has 0 radical (unpaired) electrons. The predicted molar refractivity (Wildman–Crippen MR) is 58.4 cm³/mol. The number of nitrogens with one attached hydrogen (secondary N) is 1. The van der Waals surface area contributed by atoms with Crippen LogP contribution in [0.5, 0.6) is 0 Å². The first-order valence-electron chi connectivity index (χ1n) is 3.85. The monoisotopic (exact) mass is 214 g/mol. The third kappa shape index (κ3) is 2.49. The summed E-state index contributed by atoms with van der Waals surface area (Å²) in [6.45, 7) is 10.0. The highest BCUT2D eigenvalue weighted by Gasteiger charge is 2.41. The van der Waals surface area contributed by atoms with Gasteiger partial charge in [-0.25, -0.2) is 0 Å². The Kier molecular flexibility index (Phi) is 5.17. The lowest BCUT2D eigenvalue weighted by molar-refractivity contribution is 0.110. The van der Waals surface area contributed by atoms with Crippen LogP contribution >= 0.6 is 24.8 Å². The number of hydrogen-bond acceptors (Lipinski definition) is 2. The van der Waals surface area contributed by atoms with Crippen molar-refractivity contribution in [2.75, 3.05) is 13.6 Å². The molecule has 1 fully saturated rings. The van der Waals surface area contributed by atoms with Gasteiger partial charge in [0.2, 0.25) is 0 Å². The highest BCUT2D eigenvalue weighted by molar-refractivity contribution is 5.85. The predicted octanol–water partition coefficient (Wildman–Crippen LogP) is 1.88. The molecule has 0 aromatic rings. The van der Waals surface area contributed by atoms with Crippen LogP contribution in [-0.4, -0.2) is 29.7 Å². The number of halogens is 2.